The zero-order valence-electron chi connectivity index (χ0n) is 49.9. The number of hydrogen-bond acceptors (Lipinski definition) is 6. The number of carbonyl (C=O) groups excluding carboxylic acids is 3. The van der Waals surface area contributed by atoms with Gasteiger partial charge in [-0.3, -0.25) is 14.4 Å². The smallest absolute Gasteiger partial charge is 0.306 e. The van der Waals surface area contributed by atoms with Gasteiger partial charge in [0.25, 0.3) is 0 Å². The molecule has 0 saturated heterocycles. The first-order valence-corrected chi connectivity index (χ1v) is 33.0. The molecule has 0 radical (unpaired) electrons. The number of ether oxygens (including phenoxy) is 3. The van der Waals surface area contributed by atoms with E-state index in [2.05, 4.69) is 57.2 Å². The summed E-state index contributed by atoms with van der Waals surface area (Å²) in [6.45, 7) is 6.65. The van der Waals surface area contributed by atoms with E-state index in [0.717, 1.165) is 77.0 Å². The summed E-state index contributed by atoms with van der Waals surface area (Å²) in [5.74, 6) is -0.867. The lowest BCUT2D eigenvalue weighted by Crippen LogP contribution is -2.30. The van der Waals surface area contributed by atoms with Crippen LogP contribution in [0.25, 0.3) is 0 Å². The zero-order chi connectivity index (χ0) is 53.6. The van der Waals surface area contributed by atoms with E-state index >= 15 is 0 Å². The number of carbonyl (C=O) groups is 3. The van der Waals surface area contributed by atoms with Gasteiger partial charge in [0.05, 0.1) is 0 Å². The van der Waals surface area contributed by atoms with E-state index < -0.39 is 6.10 Å². The highest BCUT2D eigenvalue weighted by atomic mass is 16.6. The molecule has 0 aromatic heterocycles. The monoisotopic (exact) mass is 1040 g/mol. The van der Waals surface area contributed by atoms with Crippen LogP contribution in [-0.4, -0.2) is 37.2 Å². The van der Waals surface area contributed by atoms with Crippen LogP contribution in [0, 0.1) is 0 Å². The molecule has 1 atom stereocenters. The molecule has 6 heteroatoms. The second-order valence-corrected chi connectivity index (χ2v) is 22.4. The molecule has 0 heterocycles. The summed E-state index contributed by atoms with van der Waals surface area (Å²) in [4.78, 5) is 38.3. The van der Waals surface area contributed by atoms with E-state index in [1.54, 1.807) is 0 Å². The van der Waals surface area contributed by atoms with Crippen molar-refractivity contribution in [2.24, 2.45) is 0 Å². The molecule has 0 aromatic carbocycles. The van der Waals surface area contributed by atoms with E-state index in [4.69, 9.17) is 14.2 Å². The lowest BCUT2D eigenvalue weighted by atomic mass is 10.0. The molecule has 0 bridgehead atoms. The second kappa shape index (κ2) is 63.2. The Kier molecular flexibility index (Phi) is 61.1. The van der Waals surface area contributed by atoms with Gasteiger partial charge in [-0.25, -0.2) is 0 Å². The second-order valence-electron chi connectivity index (χ2n) is 22.4. The van der Waals surface area contributed by atoms with Gasteiger partial charge in [-0.05, 0) is 77.0 Å². The van der Waals surface area contributed by atoms with Gasteiger partial charge in [-0.2, -0.15) is 0 Å². The predicted octanol–water partition coefficient (Wildman–Crippen LogP) is 22.4. The van der Waals surface area contributed by atoms with Gasteiger partial charge in [0.15, 0.2) is 6.10 Å². The molecule has 1 unspecified atom stereocenters. The van der Waals surface area contributed by atoms with Crippen molar-refractivity contribution in [3.8, 4) is 0 Å². The quantitative estimate of drug-likeness (QED) is 0.0261. The van der Waals surface area contributed by atoms with Gasteiger partial charge < -0.3 is 14.2 Å². The molecule has 0 rings (SSSR count). The van der Waals surface area contributed by atoms with Gasteiger partial charge in [-0.15, -0.1) is 0 Å². The largest absolute Gasteiger partial charge is 0.462 e. The molecule has 0 amide bonds. The Morgan fingerprint density at radius 2 is 0.486 bits per heavy atom. The van der Waals surface area contributed by atoms with Crippen molar-refractivity contribution in [1.82, 2.24) is 0 Å². The normalized spacial score (nSPS) is 12.2. The molecule has 0 aliphatic carbocycles. The number of hydrogen-bond donors (Lipinski definition) is 0. The van der Waals surface area contributed by atoms with E-state index in [9.17, 15) is 14.4 Å². The van der Waals surface area contributed by atoms with Crippen LogP contribution in [0.2, 0.25) is 0 Å². The molecule has 0 spiro atoms. The zero-order valence-corrected chi connectivity index (χ0v) is 49.9. The average molecular weight is 1040 g/mol. The Labute approximate surface area is 461 Å². The fraction of sp³-hybridized carbons (Fsp3) is 0.868. The molecule has 0 fully saturated rings. The molecular formula is C68H126O6. The standard InChI is InChI=1S/C68H126O6/c1-4-7-10-13-16-19-22-25-28-30-31-32-33-34-35-36-37-39-40-43-46-49-52-55-58-61-67(70)73-64-65(63-72-66(69)60-57-54-51-48-45-42-27-24-21-18-15-12-9-6-3)74-68(71)62-59-56-53-50-47-44-41-38-29-26-23-20-17-14-11-8-5-2/h17,20,24,26-27,29,65H,4-16,18-19,21-23,25,28,30-64H2,1-3H3/b20-17-,27-24-,29-26-. The molecule has 6 nitrogen and oxygen atoms in total. The Morgan fingerprint density at radius 1 is 0.270 bits per heavy atom. The summed E-state index contributed by atoms with van der Waals surface area (Å²) in [6.07, 6.45) is 77.3. The highest BCUT2D eigenvalue weighted by Crippen LogP contribution is 2.18. The number of esters is 3. The molecule has 74 heavy (non-hydrogen) atoms. The van der Waals surface area contributed by atoms with Crippen molar-refractivity contribution in [3.05, 3.63) is 36.5 Å². The first-order chi connectivity index (χ1) is 36.5. The molecule has 0 aliphatic rings. The predicted molar refractivity (Wildman–Crippen MR) is 321 cm³/mol. The van der Waals surface area contributed by atoms with Crippen LogP contribution in [0.4, 0.5) is 0 Å². The van der Waals surface area contributed by atoms with Crippen LogP contribution in [0.15, 0.2) is 36.5 Å². The maximum absolute atomic E-state index is 12.9. The molecule has 0 aliphatic heterocycles. The molecule has 434 valence electrons. The maximum atomic E-state index is 12.9. The molecule has 0 saturated carbocycles. The van der Waals surface area contributed by atoms with Gasteiger partial charge >= 0.3 is 17.9 Å². The first-order valence-electron chi connectivity index (χ1n) is 33.0. The van der Waals surface area contributed by atoms with Crippen LogP contribution in [-0.2, 0) is 28.6 Å². The van der Waals surface area contributed by atoms with Crippen LogP contribution in [0.5, 0.6) is 0 Å². The Balaban J connectivity index is 4.25. The van der Waals surface area contributed by atoms with Crippen molar-refractivity contribution in [2.45, 2.75) is 367 Å². The van der Waals surface area contributed by atoms with Crippen molar-refractivity contribution in [1.29, 1.82) is 0 Å². The third-order valence-corrected chi connectivity index (χ3v) is 14.9. The summed E-state index contributed by atoms with van der Waals surface area (Å²) in [6, 6.07) is 0. The van der Waals surface area contributed by atoms with Crippen molar-refractivity contribution in [2.75, 3.05) is 13.2 Å². The number of allylic oxidation sites excluding steroid dienone is 6. The highest BCUT2D eigenvalue weighted by Gasteiger charge is 2.19. The Morgan fingerprint density at radius 3 is 0.784 bits per heavy atom. The maximum Gasteiger partial charge on any atom is 0.306 e. The molecule has 0 aromatic rings. The van der Waals surface area contributed by atoms with Crippen LogP contribution in [0.3, 0.4) is 0 Å². The lowest BCUT2D eigenvalue weighted by molar-refractivity contribution is -0.167. The third kappa shape index (κ3) is 60.5. The number of rotatable bonds is 61. The van der Waals surface area contributed by atoms with Gasteiger partial charge in [-0.1, -0.05) is 301 Å². The summed E-state index contributed by atoms with van der Waals surface area (Å²) in [7, 11) is 0. The minimum Gasteiger partial charge on any atom is -0.462 e. The SMILES string of the molecule is CCCCC/C=C\C/C=C\CCCCCCCCCC(=O)OC(COC(=O)CCCCCCC/C=C\CCCCCCC)COC(=O)CCCCCCCCCCCCCCCCCCCCCCCCCCC. The summed E-state index contributed by atoms with van der Waals surface area (Å²) >= 11 is 0. The topological polar surface area (TPSA) is 78.9 Å². The Hall–Kier alpha value is -2.37. The minimum atomic E-state index is -0.778. The van der Waals surface area contributed by atoms with Gasteiger partial charge in [0.1, 0.15) is 13.2 Å². The summed E-state index contributed by atoms with van der Waals surface area (Å²) < 4.78 is 16.9. The van der Waals surface area contributed by atoms with Crippen LogP contribution < -0.4 is 0 Å². The summed E-state index contributed by atoms with van der Waals surface area (Å²) in [5.41, 5.74) is 0. The van der Waals surface area contributed by atoms with Crippen LogP contribution >= 0.6 is 0 Å². The molecule has 0 N–H and O–H groups in total. The molecular weight excluding hydrogens is 913 g/mol. The lowest BCUT2D eigenvalue weighted by Gasteiger charge is -2.18. The van der Waals surface area contributed by atoms with Crippen molar-refractivity contribution in [3.63, 3.8) is 0 Å². The first kappa shape index (κ1) is 71.6. The fourth-order valence-corrected chi connectivity index (χ4v) is 9.88. The van der Waals surface area contributed by atoms with Gasteiger partial charge in [0, 0.05) is 19.3 Å². The number of unbranched alkanes of at least 4 members (excludes halogenated alkanes) is 44. The fourth-order valence-electron chi connectivity index (χ4n) is 9.88. The van der Waals surface area contributed by atoms with Crippen molar-refractivity contribution < 1.29 is 28.6 Å². The highest BCUT2D eigenvalue weighted by molar-refractivity contribution is 5.71. The van der Waals surface area contributed by atoms with E-state index in [0.29, 0.717) is 19.3 Å². The summed E-state index contributed by atoms with van der Waals surface area (Å²) in [5, 5.41) is 0. The Bertz CT molecular complexity index is 1240. The van der Waals surface area contributed by atoms with E-state index in [-0.39, 0.29) is 31.1 Å². The van der Waals surface area contributed by atoms with Crippen LogP contribution in [0.1, 0.15) is 361 Å². The third-order valence-electron chi connectivity index (χ3n) is 14.9. The average Bonchev–Trinajstić information content (AvgIpc) is 3.40. The van der Waals surface area contributed by atoms with E-state index in [1.165, 1.54) is 244 Å². The van der Waals surface area contributed by atoms with Gasteiger partial charge in [0.2, 0.25) is 0 Å². The van der Waals surface area contributed by atoms with Crippen molar-refractivity contribution >= 4 is 17.9 Å². The minimum absolute atomic E-state index is 0.0739. The van der Waals surface area contributed by atoms with E-state index in [1.807, 2.05) is 0 Å².